The van der Waals surface area contributed by atoms with Gasteiger partial charge in [0.25, 0.3) is 5.82 Å². The molecule has 2 N–H and O–H groups in total. The van der Waals surface area contributed by atoms with Gasteiger partial charge in [0.1, 0.15) is 5.82 Å². The number of fused-ring (bicyclic) bond motifs is 1. The second kappa shape index (κ2) is 4.34. The molecule has 0 bridgehead atoms. The smallest absolute Gasteiger partial charge is 0.365 e. The summed E-state index contributed by atoms with van der Waals surface area (Å²) >= 11 is 0. The topological polar surface area (TPSA) is 67.1 Å². The third kappa shape index (κ3) is 2.33. The molecule has 3 rings (SSSR count). The summed E-state index contributed by atoms with van der Waals surface area (Å²) in [6.45, 7) is 1.66. The molecule has 0 amide bonds. The van der Waals surface area contributed by atoms with Crippen LogP contribution in [0, 0.1) is 0 Å². The summed E-state index contributed by atoms with van der Waals surface area (Å²) in [6, 6.07) is 3.23. The number of hydrogen-bond donors (Lipinski definition) is 2. The molecule has 0 saturated carbocycles. The Balaban J connectivity index is 1.94. The van der Waals surface area contributed by atoms with Crippen molar-refractivity contribution in [3.05, 3.63) is 18.0 Å². The summed E-state index contributed by atoms with van der Waals surface area (Å²) in [7, 11) is 0. The van der Waals surface area contributed by atoms with Crippen molar-refractivity contribution in [2.45, 2.75) is 18.6 Å². The van der Waals surface area contributed by atoms with Gasteiger partial charge in [-0.2, -0.15) is 17.7 Å². The Bertz CT molecular complexity index is 586. The summed E-state index contributed by atoms with van der Waals surface area (Å²) in [4.78, 5) is 0. The number of hydrogen-bond acceptors (Lipinski definition) is 5. The molecule has 1 atom stereocenters. The molecule has 1 unspecified atom stereocenters. The van der Waals surface area contributed by atoms with E-state index in [4.69, 9.17) is 0 Å². The zero-order valence-corrected chi connectivity index (χ0v) is 9.78. The van der Waals surface area contributed by atoms with Gasteiger partial charge in [0.15, 0.2) is 5.65 Å². The van der Waals surface area contributed by atoms with Gasteiger partial charge in [-0.05, 0) is 25.1 Å². The molecular formula is C10H11F3N6. The number of aromatic nitrogens is 4. The fraction of sp³-hybridized carbons (Fsp3) is 0.500. The minimum atomic E-state index is -4.57. The van der Waals surface area contributed by atoms with Gasteiger partial charge in [0.2, 0.25) is 0 Å². The zero-order chi connectivity index (χ0) is 13.5. The molecule has 3 heterocycles. The van der Waals surface area contributed by atoms with E-state index >= 15 is 0 Å². The maximum Gasteiger partial charge on any atom is 0.453 e. The normalized spacial score (nSPS) is 20.1. The van der Waals surface area contributed by atoms with Gasteiger partial charge in [-0.3, -0.25) is 0 Å². The summed E-state index contributed by atoms with van der Waals surface area (Å²) in [5.41, 5.74) is 0.0717. The van der Waals surface area contributed by atoms with Crippen LogP contribution in [0.3, 0.4) is 0 Å². The van der Waals surface area contributed by atoms with E-state index < -0.39 is 12.0 Å². The van der Waals surface area contributed by atoms with Gasteiger partial charge in [0.05, 0.1) is 0 Å². The van der Waals surface area contributed by atoms with Gasteiger partial charge in [-0.1, -0.05) is 0 Å². The predicted octanol–water partition coefficient (Wildman–Crippen LogP) is 0.917. The van der Waals surface area contributed by atoms with Crippen LogP contribution in [-0.2, 0) is 6.18 Å². The molecule has 19 heavy (non-hydrogen) atoms. The van der Waals surface area contributed by atoms with E-state index in [9.17, 15) is 13.2 Å². The number of anilines is 1. The first-order valence-electron chi connectivity index (χ1n) is 5.81. The van der Waals surface area contributed by atoms with Gasteiger partial charge < -0.3 is 10.6 Å². The Morgan fingerprint density at radius 2 is 2.16 bits per heavy atom. The SMILES string of the molecule is FC(F)(F)c1nnc2ccc(NC3CCNC3)nn12. The lowest BCUT2D eigenvalue weighted by Gasteiger charge is -2.12. The lowest BCUT2D eigenvalue weighted by molar-refractivity contribution is -0.146. The Morgan fingerprint density at radius 3 is 2.84 bits per heavy atom. The number of halogens is 3. The van der Waals surface area contributed by atoms with Crippen molar-refractivity contribution in [1.82, 2.24) is 25.1 Å². The minimum Gasteiger partial charge on any atom is -0.365 e. The van der Waals surface area contributed by atoms with Crippen LogP contribution in [0.15, 0.2) is 12.1 Å². The van der Waals surface area contributed by atoms with Crippen molar-refractivity contribution in [3.63, 3.8) is 0 Å². The van der Waals surface area contributed by atoms with E-state index in [2.05, 4.69) is 25.9 Å². The predicted molar refractivity (Wildman–Crippen MR) is 60.7 cm³/mol. The van der Waals surface area contributed by atoms with Crippen molar-refractivity contribution in [2.75, 3.05) is 18.4 Å². The molecule has 1 aliphatic rings. The summed E-state index contributed by atoms with van der Waals surface area (Å²) in [6.07, 6.45) is -3.66. The molecule has 102 valence electrons. The lowest BCUT2D eigenvalue weighted by Crippen LogP contribution is -2.23. The number of nitrogens with zero attached hydrogens (tertiary/aromatic N) is 4. The molecule has 0 aromatic carbocycles. The number of nitrogens with one attached hydrogen (secondary N) is 2. The minimum absolute atomic E-state index is 0.0717. The first kappa shape index (κ1) is 12.2. The van der Waals surface area contributed by atoms with E-state index in [1.54, 1.807) is 6.07 Å². The van der Waals surface area contributed by atoms with Crippen LogP contribution in [-0.4, -0.2) is 38.9 Å². The maximum absolute atomic E-state index is 12.7. The molecule has 1 saturated heterocycles. The van der Waals surface area contributed by atoms with Crippen LogP contribution < -0.4 is 10.6 Å². The Hall–Kier alpha value is -1.90. The summed E-state index contributed by atoms with van der Waals surface area (Å²) in [5.74, 6) is -0.734. The molecule has 9 heteroatoms. The van der Waals surface area contributed by atoms with Gasteiger partial charge >= 0.3 is 6.18 Å². The molecule has 0 aliphatic carbocycles. The van der Waals surface area contributed by atoms with Gasteiger partial charge in [0, 0.05) is 12.6 Å². The van der Waals surface area contributed by atoms with Crippen LogP contribution >= 0.6 is 0 Å². The van der Waals surface area contributed by atoms with Crippen LogP contribution in [0.5, 0.6) is 0 Å². The standard InChI is InChI=1S/C10H11F3N6/c11-10(12,13)9-17-16-8-2-1-7(18-19(8)9)15-6-3-4-14-5-6/h1-2,6,14H,3-5H2,(H,15,18). The molecule has 1 aliphatic heterocycles. The molecule has 0 radical (unpaired) electrons. The average Bonchev–Trinajstić information content (AvgIpc) is 2.95. The molecule has 0 spiro atoms. The first-order valence-corrected chi connectivity index (χ1v) is 5.81. The maximum atomic E-state index is 12.7. The molecule has 2 aromatic heterocycles. The molecular weight excluding hydrogens is 261 g/mol. The largest absolute Gasteiger partial charge is 0.453 e. The van der Waals surface area contributed by atoms with Crippen molar-refractivity contribution >= 4 is 11.5 Å². The van der Waals surface area contributed by atoms with Crippen molar-refractivity contribution < 1.29 is 13.2 Å². The quantitative estimate of drug-likeness (QED) is 0.851. The Kier molecular flexibility index (Phi) is 2.77. The number of alkyl halides is 3. The van der Waals surface area contributed by atoms with E-state index in [1.165, 1.54) is 6.07 Å². The fourth-order valence-electron chi connectivity index (χ4n) is 2.03. The zero-order valence-electron chi connectivity index (χ0n) is 9.78. The van der Waals surface area contributed by atoms with Crippen molar-refractivity contribution in [1.29, 1.82) is 0 Å². The van der Waals surface area contributed by atoms with E-state index in [-0.39, 0.29) is 11.7 Å². The van der Waals surface area contributed by atoms with Crippen LogP contribution in [0.1, 0.15) is 12.2 Å². The Morgan fingerprint density at radius 1 is 1.32 bits per heavy atom. The third-order valence-corrected chi connectivity index (χ3v) is 2.93. The highest BCUT2D eigenvalue weighted by molar-refractivity contribution is 5.44. The summed E-state index contributed by atoms with van der Waals surface area (Å²) < 4.78 is 38.8. The first-order chi connectivity index (χ1) is 9.04. The van der Waals surface area contributed by atoms with E-state index in [0.29, 0.717) is 10.3 Å². The Labute approximate surface area is 106 Å². The second-order valence-electron chi connectivity index (χ2n) is 4.34. The highest BCUT2D eigenvalue weighted by Gasteiger charge is 2.37. The second-order valence-corrected chi connectivity index (χ2v) is 4.34. The molecule has 6 nitrogen and oxygen atoms in total. The fourth-order valence-corrected chi connectivity index (χ4v) is 2.03. The van der Waals surface area contributed by atoms with Gasteiger partial charge in [-0.25, -0.2) is 0 Å². The van der Waals surface area contributed by atoms with Crippen molar-refractivity contribution in [2.24, 2.45) is 0 Å². The highest BCUT2D eigenvalue weighted by atomic mass is 19.4. The molecule has 2 aromatic rings. The lowest BCUT2D eigenvalue weighted by atomic mass is 10.2. The van der Waals surface area contributed by atoms with E-state index in [0.717, 1.165) is 19.5 Å². The highest BCUT2D eigenvalue weighted by Crippen LogP contribution is 2.27. The van der Waals surface area contributed by atoms with Crippen LogP contribution in [0.25, 0.3) is 5.65 Å². The third-order valence-electron chi connectivity index (χ3n) is 2.93. The van der Waals surface area contributed by atoms with Crippen LogP contribution in [0.2, 0.25) is 0 Å². The average molecular weight is 272 g/mol. The monoisotopic (exact) mass is 272 g/mol. The van der Waals surface area contributed by atoms with Gasteiger partial charge in [-0.15, -0.1) is 15.3 Å². The number of rotatable bonds is 2. The van der Waals surface area contributed by atoms with Crippen molar-refractivity contribution in [3.8, 4) is 0 Å². The van der Waals surface area contributed by atoms with E-state index in [1.807, 2.05) is 0 Å². The van der Waals surface area contributed by atoms with Crippen LogP contribution in [0.4, 0.5) is 19.0 Å². The summed E-state index contributed by atoms with van der Waals surface area (Å²) in [5, 5.41) is 16.7. The molecule has 1 fully saturated rings.